The van der Waals surface area contributed by atoms with Crippen LogP contribution in [0.15, 0.2) is 35.7 Å². The minimum Gasteiger partial charge on any atom is -0.486 e. The van der Waals surface area contributed by atoms with Crippen LogP contribution < -0.4 is 14.4 Å². The molecule has 1 aromatic carbocycles. The third kappa shape index (κ3) is 5.59. The van der Waals surface area contributed by atoms with Gasteiger partial charge in [0, 0.05) is 35.3 Å². The van der Waals surface area contributed by atoms with Gasteiger partial charge in [0.05, 0.1) is 13.1 Å². The molecule has 0 unspecified atom stereocenters. The van der Waals surface area contributed by atoms with Crippen molar-refractivity contribution in [3.8, 4) is 11.5 Å². The zero-order valence-corrected chi connectivity index (χ0v) is 19.6. The Balaban J connectivity index is 1.49. The van der Waals surface area contributed by atoms with Crippen LogP contribution in [0.1, 0.15) is 32.1 Å². The van der Waals surface area contributed by atoms with Crippen molar-refractivity contribution in [2.75, 3.05) is 50.8 Å². The second-order valence-electron chi connectivity index (χ2n) is 9.17. The fourth-order valence-corrected chi connectivity index (χ4v) is 4.85. The van der Waals surface area contributed by atoms with E-state index in [2.05, 4.69) is 42.0 Å². The van der Waals surface area contributed by atoms with Crippen LogP contribution in [0.2, 0.25) is 0 Å². The second kappa shape index (κ2) is 9.59. The summed E-state index contributed by atoms with van der Waals surface area (Å²) in [6, 6.07) is 9.91. The van der Waals surface area contributed by atoms with Gasteiger partial charge in [-0.1, -0.05) is 6.07 Å². The molecule has 0 bridgehead atoms. The maximum atomic E-state index is 13.5. The van der Waals surface area contributed by atoms with Crippen LogP contribution in [-0.4, -0.2) is 67.2 Å². The molecule has 0 saturated carbocycles. The summed E-state index contributed by atoms with van der Waals surface area (Å²) in [4.78, 5) is 21.4. The molecule has 0 spiro atoms. The molecular weight excluding hydrogens is 410 g/mol. The van der Waals surface area contributed by atoms with Gasteiger partial charge in [-0.15, -0.1) is 11.3 Å². The summed E-state index contributed by atoms with van der Waals surface area (Å²) in [5.74, 6) is 1.57. The van der Waals surface area contributed by atoms with E-state index in [9.17, 15) is 4.79 Å². The number of benzene rings is 1. The van der Waals surface area contributed by atoms with Crippen LogP contribution in [0.25, 0.3) is 0 Å². The van der Waals surface area contributed by atoms with Crippen molar-refractivity contribution in [1.29, 1.82) is 0 Å². The van der Waals surface area contributed by atoms with E-state index in [0.29, 0.717) is 32.1 Å². The standard InChI is InChI=1S/C24H33N3O3S/c1-24(2,3)26-10-5-9-25(11-12-26)18-23(28)27(17-20-6-4-15-31-20)19-7-8-21-22(16-19)30-14-13-29-21/h4,6-8,15-16H,5,9-14,17-18H2,1-3H3. The minimum absolute atomic E-state index is 0.120. The molecule has 7 heteroatoms. The normalized spacial score (nSPS) is 17.9. The van der Waals surface area contributed by atoms with Crippen LogP contribution in [0.5, 0.6) is 11.5 Å². The van der Waals surface area contributed by atoms with Crippen molar-refractivity contribution < 1.29 is 14.3 Å². The molecule has 3 heterocycles. The Morgan fingerprint density at radius 3 is 2.61 bits per heavy atom. The van der Waals surface area contributed by atoms with E-state index in [1.54, 1.807) is 11.3 Å². The van der Waals surface area contributed by atoms with Gasteiger partial charge in [-0.3, -0.25) is 14.6 Å². The predicted molar refractivity (Wildman–Crippen MR) is 125 cm³/mol. The molecule has 2 aromatic rings. The van der Waals surface area contributed by atoms with Crippen molar-refractivity contribution in [2.24, 2.45) is 0 Å². The Morgan fingerprint density at radius 2 is 1.87 bits per heavy atom. The van der Waals surface area contributed by atoms with Gasteiger partial charge in [0.25, 0.3) is 0 Å². The highest BCUT2D eigenvalue weighted by Crippen LogP contribution is 2.35. The van der Waals surface area contributed by atoms with Crippen molar-refractivity contribution >= 4 is 22.9 Å². The molecule has 2 aliphatic heterocycles. The fourth-order valence-electron chi connectivity index (χ4n) is 4.16. The predicted octanol–water partition coefficient (Wildman–Crippen LogP) is 3.86. The highest BCUT2D eigenvalue weighted by molar-refractivity contribution is 7.09. The Hall–Kier alpha value is -2.09. The summed E-state index contributed by atoms with van der Waals surface area (Å²) in [5, 5.41) is 2.05. The molecule has 1 aromatic heterocycles. The molecule has 0 atom stereocenters. The van der Waals surface area contributed by atoms with Crippen LogP contribution in [0, 0.1) is 0 Å². The quantitative estimate of drug-likeness (QED) is 0.702. The first-order chi connectivity index (χ1) is 14.9. The number of anilines is 1. The van der Waals surface area contributed by atoms with Gasteiger partial charge in [-0.25, -0.2) is 0 Å². The van der Waals surface area contributed by atoms with Gasteiger partial charge in [0.15, 0.2) is 11.5 Å². The zero-order valence-electron chi connectivity index (χ0n) is 18.8. The second-order valence-corrected chi connectivity index (χ2v) is 10.2. The number of carbonyl (C=O) groups excluding carboxylic acids is 1. The van der Waals surface area contributed by atoms with Gasteiger partial charge in [-0.05, 0) is 63.9 Å². The van der Waals surface area contributed by atoms with Crippen LogP contribution in [0.4, 0.5) is 5.69 Å². The van der Waals surface area contributed by atoms with E-state index in [1.165, 1.54) is 0 Å². The number of thiophene rings is 1. The van der Waals surface area contributed by atoms with Gasteiger partial charge in [0.1, 0.15) is 13.2 Å². The number of hydrogen-bond acceptors (Lipinski definition) is 6. The Kier molecular flexibility index (Phi) is 6.84. The third-order valence-electron chi connectivity index (χ3n) is 5.93. The molecule has 6 nitrogen and oxygen atoms in total. The highest BCUT2D eigenvalue weighted by Gasteiger charge is 2.27. The number of rotatable bonds is 5. The number of nitrogens with zero attached hydrogens (tertiary/aromatic N) is 3. The molecule has 168 valence electrons. The Bertz CT molecular complexity index is 879. The number of fused-ring (bicyclic) bond motifs is 1. The lowest BCUT2D eigenvalue weighted by Gasteiger charge is -2.34. The maximum absolute atomic E-state index is 13.5. The number of carbonyl (C=O) groups is 1. The van der Waals surface area contributed by atoms with E-state index in [0.717, 1.165) is 48.9 Å². The fraction of sp³-hybridized carbons (Fsp3) is 0.542. The summed E-state index contributed by atoms with van der Waals surface area (Å²) >= 11 is 1.67. The highest BCUT2D eigenvalue weighted by atomic mass is 32.1. The minimum atomic E-state index is 0.120. The van der Waals surface area contributed by atoms with Crippen molar-refractivity contribution in [1.82, 2.24) is 9.80 Å². The summed E-state index contributed by atoms with van der Waals surface area (Å²) in [6.45, 7) is 12.8. The van der Waals surface area contributed by atoms with Gasteiger partial charge in [0.2, 0.25) is 5.91 Å². The monoisotopic (exact) mass is 443 g/mol. The maximum Gasteiger partial charge on any atom is 0.241 e. The molecule has 1 saturated heterocycles. The van der Waals surface area contributed by atoms with Crippen LogP contribution >= 0.6 is 11.3 Å². The lowest BCUT2D eigenvalue weighted by atomic mass is 10.1. The lowest BCUT2D eigenvalue weighted by molar-refractivity contribution is -0.119. The first-order valence-corrected chi connectivity index (χ1v) is 12.0. The van der Waals surface area contributed by atoms with Crippen molar-refractivity contribution in [3.63, 3.8) is 0 Å². The lowest BCUT2D eigenvalue weighted by Crippen LogP contribution is -2.45. The topological polar surface area (TPSA) is 45.2 Å². The molecule has 1 amide bonds. The number of ether oxygens (including phenoxy) is 2. The average Bonchev–Trinajstić information content (AvgIpc) is 3.14. The average molecular weight is 444 g/mol. The molecule has 2 aliphatic rings. The molecule has 31 heavy (non-hydrogen) atoms. The first kappa shape index (κ1) is 22.1. The first-order valence-electron chi connectivity index (χ1n) is 11.1. The van der Waals surface area contributed by atoms with Crippen LogP contribution in [0.3, 0.4) is 0 Å². The molecule has 4 rings (SSSR count). The summed E-state index contributed by atoms with van der Waals surface area (Å²) in [7, 11) is 0. The Morgan fingerprint density at radius 1 is 1.06 bits per heavy atom. The number of amides is 1. The SMILES string of the molecule is CC(C)(C)N1CCCN(CC(=O)N(Cc2cccs2)c2ccc3c(c2)OCCO3)CC1. The Labute approximate surface area is 189 Å². The summed E-state index contributed by atoms with van der Waals surface area (Å²) in [6.07, 6.45) is 1.08. The third-order valence-corrected chi connectivity index (χ3v) is 6.79. The molecule has 0 N–H and O–H groups in total. The van der Waals surface area contributed by atoms with Gasteiger partial charge < -0.3 is 14.4 Å². The van der Waals surface area contributed by atoms with E-state index in [-0.39, 0.29) is 11.4 Å². The van der Waals surface area contributed by atoms with E-state index >= 15 is 0 Å². The summed E-state index contributed by atoms with van der Waals surface area (Å²) < 4.78 is 11.4. The summed E-state index contributed by atoms with van der Waals surface area (Å²) in [5.41, 5.74) is 1.02. The smallest absolute Gasteiger partial charge is 0.241 e. The van der Waals surface area contributed by atoms with Gasteiger partial charge >= 0.3 is 0 Å². The van der Waals surface area contributed by atoms with E-state index < -0.39 is 0 Å². The largest absolute Gasteiger partial charge is 0.486 e. The molecular formula is C24H33N3O3S. The van der Waals surface area contributed by atoms with E-state index in [1.807, 2.05) is 29.2 Å². The number of hydrogen-bond donors (Lipinski definition) is 0. The molecule has 0 aliphatic carbocycles. The van der Waals surface area contributed by atoms with Crippen molar-refractivity contribution in [3.05, 3.63) is 40.6 Å². The van der Waals surface area contributed by atoms with Crippen LogP contribution in [-0.2, 0) is 11.3 Å². The van der Waals surface area contributed by atoms with Crippen molar-refractivity contribution in [2.45, 2.75) is 39.3 Å². The molecule has 1 fully saturated rings. The van der Waals surface area contributed by atoms with Gasteiger partial charge in [-0.2, -0.15) is 0 Å². The zero-order chi connectivity index (χ0) is 21.8. The molecule has 0 radical (unpaired) electrons. The van der Waals surface area contributed by atoms with E-state index in [4.69, 9.17) is 9.47 Å².